The van der Waals surface area contributed by atoms with Gasteiger partial charge in [-0.25, -0.2) is 4.39 Å². The minimum atomic E-state index is -0.700. The topological polar surface area (TPSA) is 49.4 Å². The molecule has 34 heavy (non-hydrogen) atoms. The van der Waals surface area contributed by atoms with E-state index in [-0.39, 0.29) is 24.1 Å². The third-order valence-corrected chi connectivity index (χ3v) is 5.64. The molecule has 3 aromatic carbocycles. The molecule has 0 fully saturated rings. The molecule has 5 heteroatoms. The molecule has 1 atom stereocenters. The SMILES string of the molecule is Cc1ccccc1CN(C(=O)Cc1ccc(F)cc1)[C@@H](Cc1ccccc1)C(=O)NC(C)(C)C. The normalized spacial score (nSPS) is 12.1. The summed E-state index contributed by atoms with van der Waals surface area (Å²) in [6.45, 7) is 8.09. The van der Waals surface area contributed by atoms with E-state index >= 15 is 0 Å². The fraction of sp³-hybridized carbons (Fsp3) is 0.310. The largest absolute Gasteiger partial charge is 0.350 e. The van der Waals surface area contributed by atoms with Gasteiger partial charge in [-0.2, -0.15) is 0 Å². The zero-order chi connectivity index (χ0) is 24.7. The quantitative estimate of drug-likeness (QED) is 0.500. The lowest BCUT2D eigenvalue weighted by Gasteiger charge is -2.34. The van der Waals surface area contributed by atoms with Crippen LogP contribution in [0.2, 0.25) is 0 Å². The van der Waals surface area contributed by atoms with Gasteiger partial charge in [-0.1, -0.05) is 66.7 Å². The third kappa shape index (κ3) is 7.27. The summed E-state index contributed by atoms with van der Waals surface area (Å²) in [5, 5.41) is 3.06. The summed E-state index contributed by atoms with van der Waals surface area (Å²) in [7, 11) is 0. The highest BCUT2D eigenvalue weighted by molar-refractivity contribution is 5.89. The molecule has 0 saturated heterocycles. The minimum Gasteiger partial charge on any atom is -0.350 e. The van der Waals surface area contributed by atoms with Crippen LogP contribution in [0.1, 0.15) is 43.0 Å². The molecule has 0 radical (unpaired) electrons. The minimum absolute atomic E-state index is 0.0836. The van der Waals surface area contributed by atoms with Crippen molar-refractivity contribution in [1.82, 2.24) is 10.2 Å². The molecule has 0 heterocycles. The number of halogens is 1. The molecule has 3 rings (SSSR count). The van der Waals surface area contributed by atoms with Crippen molar-refractivity contribution in [2.75, 3.05) is 0 Å². The van der Waals surface area contributed by atoms with Crippen molar-refractivity contribution >= 4 is 11.8 Å². The van der Waals surface area contributed by atoms with E-state index < -0.39 is 11.6 Å². The standard InChI is InChI=1S/C29H33FN2O2/c1-21-10-8-9-13-24(21)20-32(27(33)19-23-14-16-25(30)17-15-23)26(28(34)31-29(2,3)4)18-22-11-6-5-7-12-22/h5-17,26H,18-20H2,1-4H3,(H,31,34)/t26-/m0/s1. The maximum Gasteiger partial charge on any atom is 0.243 e. The number of rotatable bonds is 8. The molecule has 0 unspecified atom stereocenters. The Morgan fingerprint density at radius 1 is 0.882 bits per heavy atom. The molecule has 0 bridgehead atoms. The van der Waals surface area contributed by atoms with Crippen LogP contribution in [0.25, 0.3) is 0 Å². The summed E-state index contributed by atoms with van der Waals surface area (Å²) in [5.41, 5.74) is 3.27. The van der Waals surface area contributed by atoms with E-state index in [4.69, 9.17) is 0 Å². The Kier molecular flexibility index (Phi) is 8.21. The van der Waals surface area contributed by atoms with Gasteiger partial charge < -0.3 is 10.2 Å². The van der Waals surface area contributed by atoms with E-state index in [1.165, 1.54) is 12.1 Å². The predicted molar refractivity (Wildman–Crippen MR) is 134 cm³/mol. The monoisotopic (exact) mass is 460 g/mol. The zero-order valence-corrected chi connectivity index (χ0v) is 20.3. The Balaban J connectivity index is 1.99. The molecule has 3 aromatic rings. The van der Waals surface area contributed by atoms with Crippen molar-refractivity contribution < 1.29 is 14.0 Å². The molecule has 2 amide bonds. The van der Waals surface area contributed by atoms with E-state index in [9.17, 15) is 14.0 Å². The number of benzene rings is 3. The lowest BCUT2D eigenvalue weighted by molar-refractivity contribution is -0.141. The Bertz CT molecular complexity index is 1100. The number of carbonyl (C=O) groups excluding carboxylic acids is 2. The fourth-order valence-corrected chi connectivity index (χ4v) is 3.86. The molecule has 0 aromatic heterocycles. The molecule has 0 spiro atoms. The van der Waals surface area contributed by atoms with Crippen LogP contribution in [0, 0.1) is 12.7 Å². The number of nitrogens with one attached hydrogen (secondary N) is 1. The number of hydrogen-bond donors (Lipinski definition) is 1. The van der Waals surface area contributed by atoms with Crippen molar-refractivity contribution in [2.45, 2.75) is 58.7 Å². The Morgan fingerprint density at radius 3 is 2.12 bits per heavy atom. The van der Waals surface area contributed by atoms with Crippen LogP contribution >= 0.6 is 0 Å². The van der Waals surface area contributed by atoms with Gasteiger partial charge in [0.05, 0.1) is 6.42 Å². The van der Waals surface area contributed by atoms with Crippen molar-refractivity contribution in [1.29, 1.82) is 0 Å². The van der Waals surface area contributed by atoms with E-state index in [1.807, 2.05) is 82.3 Å². The smallest absolute Gasteiger partial charge is 0.243 e. The van der Waals surface area contributed by atoms with Crippen molar-refractivity contribution in [3.63, 3.8) is 0 Å². The van der Waals surface area contributed by atoms with Gasteiger partial charge in [0.25, 0.3) is 0 Å². The van der Waals surface area contributed by atoms with Gasteiger partial charge in [0.15, 0.2) is 0 Å². The summed E-state index contributed by atoms with van der Waals surface area (Å²) in [6.07, 6.45) is 0.476. The summed E-state index contributed by atoms with van der Waals surface area (Å²) in [6, 6.07) is 22.8. The molecule has 4 nitrogen and oxygen atoms in total. The van der Waals surface area contributed by atoms with Gasteiger partial charge in [0, 0.05) is 18.5 Å². The summed E-state index contributed by atoms with van der Waals surface area (Å²) in [4.78, 5) is 28.9. The fourth-order valence-electron chi connectivity index (χ4n) is 3.86. The number of carbonyl (C=O) groups is 2. The summed E-state index contributed by atoms with van der Waals surface area (Å²) >= 11 is 0. The molecule has 0 aliphatic carbocycles. The van der Waals surface area contributed by atoms with Gasteiger partial charge in [0.2, 0.25) is 11.8 Å². The van der Waals surface area contributed by atoms with Crippen molar-refractivity contribution in [3.8, 4) is 0 Å². The average Bonchev–Trinajstić information content (AvgIpc) is 2.78. The van der Waals surface area contributed by atoms with E-state index in [2.05, 4.69) is 5.32 Å². The second kappa shape index (κ2) is 11.1. The molecule has 178 valence electrons. The highest BCUT2D eigenvalue weighted by Gasteiger charge is 2.32. The highest BCUT2D eigenvalue weighted by atomic mass is 19.1. The van der Waals surface area contributed by atoms with E-state index in [0.29, 0.717) is 18.5 Å². The summed E-state index contributed by atoms with van der Waals surface area (Å²) < 4.78 is 13.4. The van der Waals surface area contributed by atoms with Crippen LogP contribution in [-0.2, 0) is 29.0 Å². The second-order valence-electron chi connectivity index (χ2n) is 9.70. The Labute approximate surface area is 201 Å². The van der Waals surface area contributed by atoms with Gasteiger partial charge >= 0.3 is 0 Å². The lowest BCUT2D eigenvalue weighted by atomic mass is 9.99. The van der Waals surface area contributed by atoms with Crippen LogP contribution < -0.4 is 5.32 Å². The first-order chi connectivity index (χ1) is 16.1. The second-order valence-corrected chi connectivity index (χ2v) is 9.70. The lowest BCUT2D eigenvalue weighted by Crippen LogP contribution is -2.54. The zero-order valence-electron chi connectivity index (χ0n) is 20.3. The van der Waals surface area contributed by atoms with Crippen LogP contribution in [0.4, 0.5) is 4.39 Å². The Hall–Kier alpha value is -3.47. The number of aryl methyl sites for hydroxylation is 1. The van der Waals surface area contributed by atoms with Crippen molar-refractivity contribution in [2.24, 2.45) is 0 Å². The van der Waals surface area contributed by atoms with Gasteiger partial charge in [-0.05, 0) is 62.1 Å². The van der Waals surface area contributed by atoms with Crippen molar-refractivity contribution in [3.05, 3.63) is 107 Å². The predicted octanol–water partition coefficient (Wildman–Crippen LogP) is 5.23. The number of nitrogens with zero attached hydrogens (tertiary/aromatic N) is 1. The highest BCUT2D eigenvalue weighted by Crippen LogP contribution is 2.19. The van der Waals surface area contributed by atoms with Gasteiger partial charge in [0.1, 0.15) is 11.9 Å². The maximum absolute atomic E-state index is 13.7. The first-order valence-corrected chi connectivity index (χ1v) is 11.6. The molecular weight excluding hydrogens is 427 g/mol. The first-order valence-electron chi connectivity index (χ1n) is 11.6. The third-order valence-electron chi connectivity index (χ3n) is 5.64. The maximum atomic E-state index is 13.7. The van der Waals surface area contributed by atoms with Crippen LogP contribution in [0.15, 0.2) is 78.9 Å². The Morgan fingerprint density at radius 2 is 1.50 bits per heavy atom. The van der Waals surface area contributed by atoms with Crippen LogP contribution in [-0.4, -0.2) is 28.3 Å². The molecule has 0 saturated carbocycles. The van der Waals surface area contributed by atoms with E-state index in [0.717, 1.165) is 16.7 Å². The average molecular weight is 461 g/mol. The van der Waals surface area contributed by atoms with E-state index in [1.54, 1.807) is 17.0 Å². The molecule has 1 N–H and O–H groups in total. The van der Waals surface area contributed by atoms with Crippen LogP contribution in [0.3, 0.4) is 0 Å². The van der Waals surface area contributed by atoms with Gasteiger partial charge in [-0.15, -0.1) is 0 Å². The molecular formula is C29H33FN2O2. The first kappa shape index (κ1) is 25.2. The molecule has 0 aliphatic heterocycles. The van der Waals surface area contributed by atoms with Gasteiger partial charge in [-0.3, -0.25) is 9.59 Å². The van der Waals surface area contributed by atoms with Crippen LogP contribution in [0.5, 0.6) is 0 Å². The molecule has 0 aliphatic rings. The number of amides is 2. The number of hydrogen-bond acceptors (Lipinski definition) is 2. The summed E-state index contributed by atoms with van der Waals surface area (Å²) in [5.74, 6) is -0.725.